The Hall–Kier alpha value is -2.86. The van der Waals surface area contributed by atoms with Gasteiger partial charge in [0.1, 0.15) is 0 Å². The monoisotopic (exact) mass is 411 g/mol. The van der Waals surface area contributed by atoms with Crippen LogP contribution in [-0.4, -0.2) is 42.3 Å². The smallest absolute Gasteiger partial charge is 0.256 e. The number of carbonyl (C=O) groups excluding carboxylic acids is 3. The predicted molar refractivity (Wildman–Crippen MR) is 113 cm³/mol. The normalized spacial score (nSPS) is 15.4. The maximum Gasteiger partial charge on any atom is 0.256 e. The second kappa shape index (κ2) is 7.87. The van der Waals surface area contributed by atoms with E-state index in [1.54, 1.807) is 40.1 Å². The van der Waals surface area contributed by atoms with Gasteiger partial charge in [-0.15, -0.1) is 0 Å². The van der Waals surface area contributed by atoms with Crippen LogP contribution in [0.25, 0.3) is 0 Å². The fourth-order valence-corrected chi connectivity index (χ4v) is 4.13. The number of rotatable bonds is 3. The highest BCUT2D eigenvalue weighted by Crippen LogP contribution is 2.30. The van der Waals surface area contributed by atoms with Crippen molar-refractivity contribution in [1.82, 2.24) is 4.90 Å². The van der Waals surface area contributed by atoms with Crippen molar-refractivity contribution in [2.24, 2.45) is 0 Å². The van der Waals surface area contributed by atoms with Gasteiger partial charge in [-0.25, -0.2) is 0 Å². The molecule has 2 aliphatic rings. The van der Waals surface area contributed by atoms with E-state index in [9.17, 15) is 14.4 Å². The molecule has 4 rings (SSSR count). The number of nitrogens with one attached hydrogen (secondary N) is 1. The van der Waals surface area contributed by atoms with Crippen molar-refractivity contribution < 1.29 is 14.4 Å². The Morgan fingerprint density at radius 3 is 2.48 bits per heavy atom. The number of hydrogen-bond donors (Lipinski definition) is 1. The molecule has 2 heterocycles. The van der Waals surface area contributed by atoms with Crippen LogP contribution in [0.1, 0.15) is 46.0 Å². The standard InChI is InChI=1S/C22H22ClN3O3/c1-14(27)26-11-8-15-12-16(4-7-20(15)26)21(28)24-19-6-5-17(23)13-18(19)22(29)25-9-2-3-10-25/h4-7,12-13H,2-3,8-11H2,1H3,(H,24,28). The maximum absolute atomic E-state index is 12.9. The molecule has 0 bridgehead atoms. The summed E-state index contributed by atoms with van der Waals surface area (Å²) < 4.78 is 0. The van der Waals surface area contributed by atoms with Crippen LogP contribution in [0.2, 0.25) is 5.02 Å². The third-order valence-corrected chi connectivity index (χ3v) is 5.71. The molecular formula is C22H22ClN3O3. The Morgan fingerprint density at radius 2 is 1.76 bits per heavy atom. The Balaban J connectivity index is 1.58. The highest BCUT2D eigenvalue weighted by Gasteiger charge is 2.25. The molecule has 0 radical (unpaired) electrons. The van der Waals surface area contributed by atoms with E-state index in [-0.39, 0.29) is 17.7 Å². The Labute approximate surface area is 174 Å². The lowest BCUT2D eigenvalue weighted by atomic mass is 10.1. The van der Waals surface area contributed by atoms with Crippen LogP contribution in [0.4, 0.5) is 11.4 Å². The van der Waals surface area contributed by atoms with Crippen LogP contribution >= 0.6 is 11.6 Å². The fourth-order valence-electron chi connectivity index (χ4n) is 3.96. The number of amides is 3. The second-order valence-electron chi connectivity index (χ2n) is 7.41. The third-order valence-electron chi connectivity index (χ3n) is 5.47. The van der Waals surface area contributed by atoms with E-state index < -0.39 is 0 Å². The summed E-state index contributed by atoms with van der Waals surface area (Å²) in [5.41, 5.74) is 3.16. The van der Waals surface area contributed by atoms with Gasteiger partial charge in [0.15, 0.2) is 0 Å². The topological polar surface area (TPSA) is 69.7 Å². The molecule has 2 aromatic carbocycles. The zero-order chi connectivity index (χ0) is 20.5. The Kier molecular flexibility index (Phi) is 5.28. The summed E-state index contributed by atoms with van der Waals surface area (Å²) in [6, 6.07) is 10.2. The van der Waals surface area contributed by atoms with Crippen molar-refractivity contribution in [2.75, 3.05) is 29.9 Å². The van der Waals surface area contributed by atoms with Crippen LogP contribution < -0.4 is 10.2 Å². The first-order chi connectivity index (χ1) is 13.9. The van der Waals surface area contributed by atoms with Gasteiger partial charge in [0, 0.05) is 42.8 Å². The average Bonchev–Trinajstić information content (AvgIpc) is 3.38. The molecule has 0 atom stereocenters. The second-order valence-corrected chi connectivity index (χ2v) is 7.84. The molecule has 1 fully saturated rings. The number of hydrogen-bond acceptors (Lipinski definition) is 3. The van der Waals surface area contributed by atoms with Crippen LogP contribution in [0.5, 0.6) is 0 Å². The molecule has 3 amide bonds. The summed E-state index contributed by atoms with van der Waals surface area (Å²) in [5.74, 6) is -0.426. The van der Waals surface area contributed by atoms with E-state index in [1.165, 1.54) is 6.92 Å². The molecule has 0 aliphatic carbocycles. The lowest BCUT2D eigenvalue weighted by Crippen LogP contribution is -2.29. The van der Waals surface area contributed by atoms with Crippen LogP contribution in [0, 0.1) is 0 Å². The summed E-state index contributed by atoms with van der Waals surface area (Å²) in [6.07, 6.45) is 2.69. The van der Waals surface area contributed by atoms with E-state index in [4.69, 9.17) is 11.6 Å². The van der Waals surface area contributed by atoms with Crippen molar-refractivity contribution in [3.8, 4) is 0 Å². The van der Waals surface area contributed by atoms with E-state index in [1.807, 2.05) is 6.07 Å². The molecule has 0 saturated carbocycles. The van der Waals surface area contributed by atoms with Gasteiger partial charge >= 0.3 is 0 Å². The van der Waals surface area contributed by atoms with Gasteiger partial charge in [0.05, 0.1) is 11.3 Å². The largest absolute Gasteiger partial charge is 0.339 e. The highest BCUT2D eigenvalue weighted by atomic mass is 35.5. The summed E-state index contributed by atoms with van der Waals surface area (Å²) in [4.78, 5) is 40.9. The molecule has 0 unspecified atom stereocenters. The first-order valence-corrected chi connectivity index (χ1v) is 10.1. The number of fused-ring (bicyclic) bond motifs is 1. The lowest BCUT2D eigenvalue weighted by molar-refractivity contribution is -0.116. The van der Waals surface area contributed by atoms with Gasteiger partial charge < -0.3 is 15.1 Å². The SMILES string of the molecule is CC(=O)N1CCc2cc(C(=O)Nc3ccc(Cl)cc3C(=O)N3CCCC3)ccc21. The molecule has 2 aromatic rings. The molecule has 29 heavy (non-hydrogen) atoms. The third kappa shape index (κ3) is 3.85. The molecule has 150 valence electrons. The van der Waals surface area contributed by atoms with E-state index in [0.29, 0.717) is 28.4 Å². The quantitative estimate of drug-likeness (QED) is 0.836. The number of likely N-dealkylation sites (tertiary alicyclic amines) is 1. The van der Waals surface area contributed by atoms with Crippen LogP contribution in [-0.2, 0) is 11.2 Å². The molecule has 0 aromatic heterocycles. The summed E-state index contributed by atoms with van der Waals surface area (Å²) in [5, 5.41) is 3.31. The van der Waals surface area contributed by atoms with E-state index in [0.717, 1.165) is 43.6 Å². The summed E-state index contributed by atoms with van der Waals surface area (Å²) in [6.45, 7) is 3.60. The van der Waals surface area contributed by atoms with Crippen molar-refractivity contribution in [1.29, 1.82) is 0 Å². The average molecular weight is 412 g/mol. The predicted octanol–water partition coefficient (Wildman–Crippen LogP) is 3.74. The van der Waals surface area contributed by atoms with Crippen LogP contribution in [0.3, 0.4) is 0 Å². The van der Waals surface area contributed by atoms with Crippen molar-refractivity contribution >= 4 is 40.7 Å². The first kappa shape index (κ1) is 19.5. The molecule has 6 nitrogen and oxygen atoms in total. The number of halogens is 1. The zero-order valence-corrected chi connectivity index (χ0v) is 17.0. The lowest BCUT2D eigenvalue weighted by Gasteiger charge is -2.18. The highest BCUT2D eigenvalue weighted by molar-refractivity contribution is 6.31. The van der Waals surface area contributed by atoms with Crippen molar-refractivity contribution in [2.45, 2.75) is 26.2 Å². The fraction of sp³-hybridized carbons (Fsp3) is 0.318. The number of carbonyl (C=O) groups is 3. The van der Waals surface area contributed by atoms with Crippen molar-refractivity contribution in [3.05, 3.63) is 58.1 Å². The zero-order valence-electron chi connectivity index (χ0n) is 16.2. The van der Waals surface area contributed by atoms with Gasteiger partial charge in [0.25, 0.3) is 11.8 Å². The van der Waals surface area contributed by atoms with Gasteiger partial charge in [-0.1, -0.05) is 11.6 Å². The molecule has 1 saturated heterocycles. The minimum atomic E-state index is -0.299. The van der Waals surface area contributed by atoms with E-state index in [2.05, 4.69) is 5.32 Å². The minimum Gasteiger partial charge on any atom is -0.339 e. The van der Waals surface area contributed by atoms with Gasteiger partial charge in [-0.2, -0.15) is 0 Å². The van der Waals surface area contributed by atoms with Gasteiger partial charge in [-0.3, -0.25) is 14.4 Å². The van der Waals surface area contributed by atoms with Crippen LogP contribution in [0.15, 0.2) is 36.4 Å². The molecule has 1 N–H and O–H groups in total. The van der Waals surface area contributed by atoms with Gasteiger partial charge in [-0.05, 0) is 61.2 Å². The Bertz CT molecular complexity index is 999. The molecular weight excluding hydrogens is 390 g/mol. The first-order valence-electron chi connectivity index (χ1n) is 9.75. The van der Waals surface area contributed by atoms with E-state index >= 15 is 0 Å². The maximum atomic E-state index is 12.9. The minimum absolute atomic E-state index is 0.00724. The molecule has 7 heteroatoms. The number of nitrogens with zero attached hydrogens (tertiary/aromatic N) is 2. The molecule has 0 spiro atoms. The van der Waals surface area contributed by atoms with Crippen molar-refractivity contribution in [3.63, 3.8) is 0 Å². The summed E-state index contributed by atoms with van der Waals surface area (Å²) >= 11 is 6.11. The number of anilines is 2. The summed E-state index contributed by atoms with van der Waals surface area (Å²) in [7, 11) is 0. The van der Waals surface area contributed by atoms with Gasteiger partial charge in [0.2, 0.25) is 5.91 Å². The Morgan fingerprint density at radius 1 is 1.00 bits per heavy atom. The number of benzene rings is 2. The molecule has 2 aliphatic heterocycles.